The van der Waals surface area contributed by atoms with E-state index in [1.165, 1.54) is 81.6 Å². The monoisotopic (exact) mass is 553 g/mol. The van der Waals surface area contributed by atoms with Crippen LogP contribution < -0.4 is 20.1 Å². The van der Waals surface area contributed by atoms with Crippen molar-refractivity contribution < 1.29 is 27.4 Å². The summed E-state index contributed by atoms with van der Waals surface area (Å²) in [7, 11) is 0. The van der Waals surface area contributed by atoms with Crippen LogP contribution in [0.3, 0.4) is 0 Å². The summed E-state index contributed by atoms with van der Waals surface area (Å²) >= 11 is 6.27. The van der Waals surface area contributed by atoms with Crippen LogP contribution in [0.4, 0.5) is 18.9 Å². The van der Waals surface area contributed by atoms with Gasteiger partial charge in [0.1, 0.15) is 11.5 Å². The number of nitrogens with zero attached hydrogens (tertiary/aromatic N) is 2. The van der Waals surface area contributed by atoms with Crippen molar-refractivity contribution in [1.82, 2.24) is 4.90 Å². The molecule has 38 heavy (non-hydrogen) atoms. The standard InChI is InChI=1S/C16H22ClNO.C12H13F3N2O2/c17-15-12-13(4-3-11-18-9-1-2-10-18)5-8-16(15)19-14-6-7-14;13-12(14,15)19-10-3-1-9(2-4-10)17-6-5-8(7-17)11(16)18/h5,8,12,14H,1-4,6-7,9-11H2;1-4,8H,5-7H2,(H2,16,18). The van der Waals surface area contributed by atoms with Gasteiger partial charge in [0.2, 0.25) is 5.91 Å². The molecular weight excluding hydrogens is 519 g/mol. The number of hydrogen-bond donors (Lipinski definition) is 1. The lowest BCUT2D eigenvalue weighted by Gasteiger charge is -2.18. The molecule has 0 spiro atoms. The Balaban J connectivity index is 0.000000177. The number of alkyl halides is 3. The molecule has 1 amide bonds. The molecule has 2 heterocycles. The fourth-order valence-corrected chi connectivity index (χ4v) is 5.01. The van der Waals surface area contributed by atoms with E-state index in [0.717, 1.165) is 22.9 Å². The van der Waals surface area contributed by atoms with Gasteiger partial charge >= 0.3 is 6.36 Å². The average Bonchev–Trinajstić information content (AvgIpc) is 3.30. The Hall–Kier alpha value is -2.65. The van der Waals surface area contributed by atoms with Crippen molar-refractivity contribution in [2.45, 2.75) is 57.4 Å². The predicted molar refractivity (Wildman–Crippen MR) is 142 cm³/mol. The second-order valence-corrected chi connectivity index (χ2v) is 10.5. The van der Waals surface area contributed by atoms with E-state index in [4.69, 9.17) is 22.1 Å². The lowest BCUT2D eigenvalue weighted by Crippen LogP contribution is -2.27. The normalized spacial score (nSPS) is 19.7. The zero-order valence-corrected chi connectivity index (χ0v) is 22.1. The van der Waals surface area contributed by atoms with Crippen LogP contribution in [0.2, 0.25) is 5.02 Å². The quantitative estimate of drug-likeness (QED) is 0.425. The lowest BCUT2D eigenvalue weighted by atomic mass is 10.1. The van der Waals surface area contributed by atoms with Crippen molar-refractivity contribution in [2.75, 3.05) is 37.6 Å². The van der Waals surface area contributed by atoms with Crippen molar-refractivity contribution in [3.8, 4) is 11.5 Å². The van der Waals surface area contributed by atoms with Crippen LogP contribution in [0.15, 0.2) is 42.5 Å². The second-order valence-electron chi connectivity index (χ2n) is 10.1. The number of likely N-dealkylation sites (tertiary alicyclic amines) is 1. The van der Waals surface area contributed by atoms with Crippen molar-refractivity contribution in [3.05, 3.63) is 53.1 Å². The highest BCUT2D eigenvalue weighted by molar-refractivity contribution is 6.32. The maximum atomic E-state index is 12.0. The van der Waals surface area contributed by atoms with Crippen LogP contribution in [0, 0.1) is 5.92 Å². The zero-order chi connectivity index (χ0) is 27.1. The van der Waals surface area contributed by atoms with Gasteiger partial charge in [0.15, 0.2) is 0 Å². The number of amides is 1. The smallest absolute Gasteiger partial charge is 0.489 e. The summed E-state index contributed by atoms with van der Waals surface area (Å²) in [5.41, 5.74) is 7.30. The summed E-state index contributed by atoms with van der Waals surface area (Å²) in [6.45, 7) is 4.95. The third kappa shape index (κ3) is 8.98. The Kier molecular flexibility index (Phi) is 9.65. The SMILES string of the molecule is Clc1cc(CCCN2CCCC2)ccc1OC1CC1.NC(=O)C1CCN(c2ccc(OC(F)(F)F)cc2)C1. The first kappa shape index (κ1) is 28.4. The molecule has 1 saturated carbocycles. The molecule has 3 aliphatic rings. The molecule has 0 bridgehead atoms. The van der Waals surface area contributed by atoms with Gasteiger partial charge in [-0.2, -0.15) is 0 Å². The number of ether oxygens (including phenoxy) is 2. The van der Waals surface area contributed by atoms with E-state index in [-0.39, 0.29) is 17.6 Å². The maximum absolute atomic E-state index is 12.0. The van der Waals surface area contributed by atoms with Crippen LogP contribution in [-0.4, -0.2) is 56.0 Å². The Bertz CT molecular complexity index is 1060. The van der Waals surface area contributed by atoms with E-state index in [1.807, 2.05) is 11.0 Å². The molecule has 5 rings (SSSR count). The van der Waals surface area contributed by atoms with E-state index in [9.17, 15) is 18.0 Å². The summed E-state index contributed by atoms with van der Waals surface area (Å²) < 4.78 is 45.5. The summed E-state index contributed by atoms with van der Waals surface area (Å²) in [4.78, 5) is 15.5. The van der Waals surface area contributed by atoms with Crippen molar-refractivity contribution in [1.29, 1.82) is 0 Å². The van der Waals surface area contributed by atoms with Crippen LogP contribution >= 0.6 is 11.6 Å². The number of hydrogen-bond acceptors (Lipinski definition) is 5. The highest BCUT2D eigenvalue weighted by atomic mass is 35.5. The number of halogens is 4. The number of aryl methyl sites for hydroxylation is 1. The maximum Gasteiger partial charge on any atom is 0.573 e. The number of benzene rings is 2. The minimum absolute atomic E-state index is 0.203. The average molecular weight is 554 g/mol. The molecule has 208 valence electrons. The number of primary amides is 1. The largest absolute Gasteiger partial charge is 0.573 e. The molecule has 1 aliphatic carbocycles. The van der Waals surface area contributed by atoms with Crippen LogP contribution in [0.5, 0.6) is 11.5 Å². The molecule has 1 unspecified atom stereocenters. The Morgan fingerprint density at radius 1 is 1.03 bits per heavy atom. The summed E-state index contributed by atoms with van der Waals surface area (Å²) in [6.07, 6.45) is 3.82. The minimum Gasteiger partial charge on any atom is -0.489 e. The number of carbonyl (C=O) groups excluding carboxylic acids is 1. The van der Waals surface area contributed by atoms with Crippen molar-refractivity contribution in [3.63, 3.8) is 0 Å². The number of anilines is 1. The molecule has 3 fully saturated rings. The van der Waals surface area contributed by atoms with E-state index in [2.05, 4.69) is 21.8 Å². The fraction of sp³-hybridized carbons (Fsp3) is 0.536. The van der Waals surface area contributed by atoms with Crippen LogP contribution in [-0.2, 0) is 11.2 Å². The first-order valence-electron chi connectivity index (χ1n) is 13.2. The zero-order valence-electron chi connectivity index (χ0n) is 21.4. The van der Waals surface area contributed by atoms with Gasteiger partial charge in [-0.1, -0.05) is 17.7 Å². The topological polar surface area (TPSA) is 68.0 Å². The highest BCUT2D eigenvalue weighted by Crippen LogP contribution is 2.33. The number of nitrogens with two attached hydrogens (primary N) is 1. The van der Waals surface area contributed by atoms with Gasteiger partial charge in [-0.05, 0) is 107 Å². The summed E-state index contributed by atoms with van der Waals surface area (Å²) in [5.74, 6) is 0.0417. The minimum atomic E-state index is -4.69. The number of rotatable bonds is 9. The van der Waals surface area contributed by atoms with Crippen LogP contribution in [0.25, 0.3) is 0 Å². The fourth-order valence-electron chi connectivity index (χ4n) is 4.76. The summed E-state index contributed by atoms with van der Waals surface area (Å²) in [6, 6.07) is 11.8. The molecule has 2 aromatic rings. The van der Waals surface area contributed by atoms with E-state index in [0.29, 0.717) is 25.6 Å². The molecule has 0 aromatic heterocycles. The van der Waals surface area contributed by atoms with Gasteiger partial charge in [0, 0.05) is 18.8 Å². The molecule has 6 nitrogen and oxygen atoms in total. The van der Waals surface area contributed by atoms with Gasteiger partial charge in [0.05, 0.1) is 17.0 Å². The molecular formula is C28H35ClF3N3O3. The van der Waals surface area contributed by atoms with Gasteiger partial charge in [-0.25, -0.2) is 0 Å². The van der Waals surface area contributed by atoms with E-state index >= 15 is 0 Å². The Labute approximate surface area is 226 Å². The lowest BCUT2D eigenvalue weighted by molar-refractivity contribution is -0.274. The third-order valence-corrected chi connectivity index (χ3v) is 7.27. The predicted octanol–water partition coefficient (Wildman–Crippen LogP) is 5.81. The molecule has 0 radical (unpaired) electrons. The van der Waals surface area contributed by atoms with Gasteiger partial charge < -0.3 is 25.0 Å². The Morgan fingerprint density at radius 2 is 1.74 bits per heavy atom. The molecule has 10 heteroatoms. The Morgan fingerprint density at radius 3 is 2.32 bits per heavy atom. The first-order chi connectivity index (χ1) is 18.2. The van der Waals surface area contributed by atoms with Crippen molar-refractivity contribution >= 4 is 23.2 Å². The van der Waals surface area contributed by atoms with Crippen molar-refractivity contribution in [2.24, 2.45) is 11.7 Å². The third-order valence-electron chi connectivity index (χ3n) is 6.98. The number of carbonyl (C=O) groups is 1. The van der Waals surface area contributed by atoms with Gasteiger partial charge in [-0.15, -0.1) is 13.2 Å². The van der Waals surface area contributed by atoms with Gasteiger partial charge in [0.25, 0.3) is 0 Å². The second kappa shape index (κ2) is 12.9. The molecule has 2 N–H and O–H groups in total. The molecule has 2 aliphatic heterocycles. The van der Waals surface area contributed by atoms with Crippen LogP contribution in [0.1, 0.15) is 44.1 Å². The molecule has 2 saturated heterocycles. The molecule has 2 aromatic carbocycles. The van der Waals surface area contributed by atoms with E-state index < -0.39 is 6.36 Å². The van der Waals surface area contributed by atoms with E-state index in [1.54, 1.807) is 0 Å². The van der Waals surface area contributed by atoms with Gasteiger partial charge in [-0.3, -0.25) is 4.79 Å². The summed E-state index contributed by atoms with van der Waals surface area (Å²) in [5, 5.41) is 0.769. The first-order valence-corrected chi connectivity index (χ1v) is 13.6. The molecule has 1 atom stereocenters. The highest BCUT2D eigenvalue weighted by Gasteiger charge is 2.31.